The number of hydrogen-bond acceptors (Lipinski definition) is 3. The predicted octanol–water partition coefficient (Wildman–Crippen LogP) is 1.82. The molecule has 0 aliphatic carbocycles. The van der Waals surface area contributed by atoms with Gasteiger partial charge in [-0.05, 0) is 26.0 Å². The number of aromatic nitrogens is 2. The van der Waals surface area contributed by atoms with Crippen molar-refractivity contribution in [3.05, 3.63) is 30.1 Å². The van der Waals surface area contributed by atoms with Gasteiger partial charge >= 0.3 is 5.97 Å². The third kappa shape index (κ3) is 3.04. The van der Waals surface area contributed by atoms with Gasteiger partial charge in [-0.25, -0.2) is 9.78 Å². The molecule has 0 saturated heterocycles. The third-order valence-corrected chi connectivity index (χ3v) is 3.75. The van der Waals surface area contributed by atoms with Gasteiger partial charge in [0.1, 0.15) is 11.4 Å². The second-order valence-electron chi connectivity index (χ2n) is 5.52. The van der Waals surface area contributed by atoms with Crippen molar-refractivity contribution in [3.8, 4) is 0 Å². The Morgan fingerprint density at radius 3 is 2.62 bits per heavy atom. The fourth-order valence-electron chi connectivity index (χ4n) is 1.97. The Morgan fingerprint density at radius 2 is 2.00 bits per heavy atom. The van der Waals surface area contributed by atoms with Gasteiger partial charge in [0.2, 0.25) is 5.91 Å². The monoisotopic (exact) mass is 289 g/mol. The number of carbonyl (C=O) groups is 2. The minimum atomic E-state index is -1.22. The fourth-order valence-corrected chi connectivity index (χ4v) is 1.97. The highest BCUT2D eigenvalue weighted by Gasteiger charge is 2.34. The van der Waals surface area contributed by atoms with Crippen molar-refractivity contribution in [2.45, 2.75) is 32.2 Å². The molecular weight excluding hydrogens is 270 g/mol. The van der Waals surface area contributed by atoms with Crippen LogP contribution in [-0.4, -0.2) is 44.4 Å². The van der Waals surface area contributed by atoms with Crippen LogP contribution in [-0.2, 0) is 16.0 Å². The molecule has 0 saturated carbocycles. The molecule has 1 aromatic heterocycles. The van der Waals surface area contributed by atoms with Crippen molar-refractivity contribution in [2.24, 2.45) is 0 Å². The van der Waals surface area contributed by atoms with Crippen molar-refractivity contribution in [2.75, 3.05) is 7.05 Å². The van der Waals surface area contributed by atoms with Gasteiger partial charge in [-0.2, -0.15) is 0 Å². The highest BCUT2D eigenvalue weighted by Crippen LogP contribution is 2.16. The van der Waals surface area contributed by atoms with Gasteiger partial charge in [-0.1, -0.05) is 12.1 Å². The van der Waals surface area contributed by atoms with Crippen LogP contribution in [0.4, 0.5) is 0 Å². The molecule has 0 aliphatic heterocycles. The highest BCUT2D eigenvalue weighted by atomic mass is 16.4. The van der Waals surface area contributed by atoms with Crippen LogP contribution in [0.25, 0.3) is 11.0 Å². The van der Waals surface area contributed by atoms with Crippen LogP contribution in [0, 0.1) is 0 Å². The van der Waals surface area contributed by atoms with Gasteiger partial charge in [-0.3, -0.25) is 4.79 Å². The molecule has 0 atom stereocenters. The molecule has 1 amide bonds. The minimum absolute atomic E-state index is 0.215. The van der Waals surface area contributed by atoms with Gasteiger partial charge in [0, 0.05) is 19.9 Å². The van der Waals surface area contributed by atoms with Gasteiger partial charge in [-0.15, -0.1) is 0 Å². The molecule has 0 aliphatic rings. The standard InChI is InChI=1S/C15H19N3O3/c1-15(2,14(20)21)18(3)13(19)9-8-12-16-10-6-4-5-7-11(10)17-12/h4-7H,8-9H2,1-3H3,(H,16,17)(H,20,21). The van der Waals surface area contributed by atoms with Crippen molar-refractivity contribution in [1.29, 1.82) is 0 Å². The second-order valence-corrected chi connectivity index (χ2v) is 5.52. The van der Waals surface area contributed by atoms with E-state index in [1.165, 1.54) is 25.8 Å². The third-order valence-electron chi connectivity index (χ3n) is 3.75. The summed E-state index contributed by atoms with van der Waals surface area (Å²) in [6.07, 6.45) is 0.667. The zero-order valence-corrected chi connectivity index (χ0v) is 12.4. The molecule has 0 unspecified atom stereocenters. The largest absolute Gasteiger partial charge is 0.480 e. The summed E-state index contributed by atoms with van der Waals surface area (Å²) in [4.78, 5) is 32.1. The molecule has 2 rings (SSSR count). The summed E-state index contributed by atoms with van der Waals surface area (Å²) in [5.74, 6) is -0.518. The molecule has 112 valence electrons. The number of carboxylic acids is 1. The first-order valence-corrected chi connectivity index (χ1v) is 6.76. The topological polar surface area (TPSA) is 86.3 Å². The molecule has 0 radical (unpaired) electrons. The summed E-state index contributed by atoms with van der Waals surface area (Å²) in [5, 5.41) is 9.13. The number of aliphatic carboxylic acids is 1. The van der Waals surface area contributed by atoms with E-state index in [-0.39, 0.29) is 12.3 Å². The normalized spacial score (nSPS) is 11.6. The maximum atomic E-state index is 12.1. The molecular formula is C15H19N3O3. The number of benzene rings is 1. The Kier molecular flexibility index (Phi) is 3.97. The summed E-state index contributed by atoms with van der Waals surface area (Å²) < 4.78 is 0. The quantitative estimate of drug-likeness (QED) is 0.879. The molecule has 0 spiro atoms. The van der Waals surface area contributed by atoms with Crippen molar-refractivity contribution < 1.29 is 14.7 Å². The van der Waals surface area contributed by atoms with E-state index in [1.807, 2.05) is 24.3 Å². The Hall–Kier alpha value is -2.37. The molecule has 0 fully saturated rings. The number of aryl methyl sites for hydroxylation is 1. The minimum Gasteiger partial charge on any atom is -0.480 e. The first-order valence-electron chi connectivity index (χ1n) is 6.76. The van der Waals surface area contributed by atoms with Crippen molar-refractivity contribution in [1.82, 2.24) is 14.9 Å². The van der Waals surface area contributed by atoms with E-state index in [0.717, 1.165) is 16.9 Å². The van der Waals surface area contributed by atoms with Gasteiger partial charge < -0.3 is 15.0 Å². The van der Waals surface area contributed by atoms with Crippen LogP contribution < -0.4 is 0 Å². The first-order chi connectivity index (χ1) is 9.82. The number of hydrogen-bond donors (Lipinski definition) is 2. The Balaban J connectivity index is 2.02. The maximum absolute atomic E-state index is 12.1. The highest BCUT2D eigenvalue weighted by molar-refractivity contribution is 5.86. The molecule has 6 heteroatoms. The Labute approximate surface area is 122 Å². The average molecular weight is 289 g/mol. The van der Waals surface area contributed by atoms with Crippen molar-refractivity contribution >= 4 is 22.9 Å². The molecule has 21 heavy (non-hydrogen) atoms. The number of amides is 1. The summed E-state index contributed by atoms with van der Waals surface area (Å²) in [6.45, 7) is 3.02. The van der Waals surface area contributed by atoms with Crippen LogP contribution in [0.2, 0.25) is 0 Å². The van der Waals surface area contributed by atoms with Crippen LogP contribution in [0.5, 0.6) is 0 Å². The zero-order valence-electron chi connectivity index (χ0n) is 12.4. The molecule has 1 aromatic carbocycles. The molecule has 2 N–H and O–H groups in total. The number of carbonyl (C=O) groups excluding carboxylic acids is 1. The SMILES string of the molecule is CN(C(=O)CCc1nc2ccccc2[nH]1)C(C)(C)C(=O)O. The van der Waals surface area contributed by atoms with E-state index < -0.39 is 11.5 Å². The summed E-state index contributed by atoms with van der Waals surface area (Å²) in [5.41, 5.74) is 0.573. The predicted molar refractivity (Wildman–Crippen MR) is 78.9 cm³/mol. The number of fused-ring (bicyclic) bond motifs is 1. The average Bonchev–Trinajstić information content (AvgIpc) is 2.86. The van der Waals surface area contributed by atoms with Crippen LogP contribution in [0.3, 0.4) is 0 Å². The smallest absolute Gasteiger partial charge is 0.329 e. The first kappa shape index (κ1) is 15.0. The van der Waals surface area contributed by atoms with Gasteiger partial charge in [0.05, 0.1) is 11.0 Å². The zero-order chi connectivity index (χ0) is 15.6. The van der Waals surface area contributed by atoms with Crippen molar-refractivity contribution in [3.63, 3.8) is 0 Å². The number of aromatic amines is 1. The molecule has 0 bridgehead atoms. The maximum Gasteiger partial charge on any atom is 0.329 e. The van der Waals surface area contributed by atoms with E-state index in [2.05, 4.69) is 9.97 Å². The Bertz CT molecular complexity index is 643. The number of para-hydroxylation sites is 2. The number of nitrogens with one attached hydrogen (secondary N) is 1. The van der Waals surface area contributed by atoms with Crippen LogP contribution in [0.1, 0.15) is 26.1 Å². The number of H-pyrrole nitrogens is 1. The lowest BCUT2D eigenvalue weighted by Gasteiger charge is -2.31. The Morgan fingerprint density at radius 1 is 1.33 bits per heavy atom. The van der Waals surface area contributed by atoms with E-state index in [0.29, 0.717) is 6.42 Å². The van der Waals surface area contributed by atoms with E-state index in [4.69, 9.17) is 5.11 Å². The molecule has 6 nitrogen and oxygen atoms in total. The summed E-state index contributed by atoms with van der Waals surface area (Å²) >= 11 is 0. The van der Waals surface area contributed by atoms with Crippen LogP contribution in [0.15, 0.2) is 24.3 Å². The van der Waals surface area contributed by atoms with Gasteiger partial charge in [0.15, 0.2) is 0 Å². The number of imidazole rings is 1. The number of rotatable bonds is 5. The lowest BCUT2D eigenvalue weighted by atomic mass is 10.0. The summed E-state index contributed by atoms with van der Waals surface area (Å²) in [6, 6.07) is 7.64. The molecule has 2 aromatic rings. The second kappa shape index (κ2) is 5.55. The number of likely N-dealkylation sites (N-methyl/N-ethyl adjacent to an activating group) is 1. The fraction of sp³-hybridized carbons (Fsp3) is 0.400. The lowest BCUT2D eigenvalue weighted by Crippen LogP contribution is -2.50. The molecule has 1 heterocycles. The van der Waals surface area contributed by atoms with E-state index in [9.17, 15) is 9.59 Å². The van der Waals surface area contributed by atoms with E-state index in [1.54, 1.807) is 0 Å². The van der Waals surface area contributed by atoms with Gasteiger partial charge in [0.25, 0.3) is 0 Å². The number of nitrogens with zero attached hydrogens (tertiary/aromatic N) is 2. The van der Waals surface area contributed by atoms with Crippen LogP contribution >= 0.6 is 0 Å². The van der Waals surface area contributed by atoms with E-state index >= 15 is 0 Å². The summed E-state index contributed by atoms with van der Waals surface area (Å²) in [7, 11) is 1.51. The lowest BCUT2D eigenvalue weighted by molar-refractivity contribution is -0.155. The number of carboxylic acid groups (broad SMARTS) is 1.